The number of nitrogens with one attached hydrogen (secondary N) is 2. The number of hydrogen-bond donors (Lipinski definition) is 2. The first-order valence-electron chi connectivity index (χ1n) is 10.9. The first-order chi connectivity index (χ1) is 14.8. The Morgan fingerprint density at radius 2 is 1.74 bits per heavy atom. The van der Waals surface area contributed by atoms with Crippen molar-refractivity contribution in [3.05, 3.63) is 52.3 Å². The summed E-state index contributed by atoms with van der Waals surface area (Å²) in [6.45, 7) is 5.46. The van der Waals surface area contributed by atoms with E-state index in [2.05, 4.69) is 10.3 Å². The van der Waals surface area contributed by atoms with E-state index >= 15 is 0 Å². The van der Waals surface area contributed by atoms with Crippen molar-refractivity contribution in [1.29, 1.82) is 0 Å². The number of nitrogens with zero attached hydrogens (tertiary/aromatic N) is 1. The van der Waals surface area contributed by atoms with Crippen LogP contribution in [0.25, 0.3) is 0 Å². The Balaban J connectivity index is 1.68. The molecule has 1 aliphatic carbocycles. The number of carbonyl (C=O) groups excluding carboxylic acids is 3. The zero-order chi connectivity index (χ0) is 22.5. The maximum absolute atomic E-state index is 12.8. The molecule has 0 saturated heterocycles. The second-order valence-electron chi connectivity index (χ2n) is 8.08. The molecule has 0 aliphatic heterocycles. The van der Waals surface area contributed by atoms with Crippen molar-refractivity contribution in [3.63, 3.8) is 0 Å². The lowest BCUT2D eigenvalue weighted by atomic mass is 9.94. The largest absolute Gasteiger partial charge is 0.462 e. The van der Waals surface area contributed by atoms with Gasteiger partial charge in [0.2, 0.25) is 0 Å². The molecule has 31 heavy (non-hydrogen) atoms. The zero-order valence-corrected chi connectivity index (χ0v) is 18.7. The van der Waals surface area contributed by atoms with Crippen LogP contribution >= 0.6 is 0 Å². The van der Waals surface area contributed by atoms with E-state index in [-0.39, 0.29) is 18.4 Å². The summed E-state index contributed by atoms with van der Waals surface area (Å²) in [7, 11) is 1.87. The Morgan fingerprint density at radius 1 is 1.10 bits per heavy atom. The van der Waals surface area contributed by atoms with E-state index in [4.69, 9.17) is 4.74 Å². The fourth-order valence-electron chi connectivity index (χ4n) is 4.21. The maximum atomic E-state index is 12.8. The van der Waals surface area contributed by atoms with Crippen LogP contribution in [0, 0.1) is 13.8 Å². The van der Waals surface area contributed by atoms with Crippen LogP contribution < -0.4 is 5.32 Å². The van der Waals surface area contributed by atoms with Crippen molar-refractivity contribution in [2.45, 2.75) is 58.9 Å². The van der Waals surface area contributed by atoms with Crippen molar-refractivity contribution in [2.24, 2.45) is 0 Å². The van der Waals surface area contributed by atoms with Gasteiger partial charge in [-0.1, -0.05) is 19.3 Å². The smallest absolute Gasteiger partial charge is 0.340 e. The molecule has 2 aromatic rings. The molecule has 1 heterocycles. The Kier molecular flexibility index (Phi) is 7.15. The number of aromatic amines is 1. The number of H-pyrrole nitrogens is 1. The highest BCUT2D eigenvalue weighted by molar-refractivity contribution is 6.07. The zero-order valence-electron chi connectivity index (χ0n) is 18.7. The van der Waals surface area contributed by atoms with Crippen LogP contribution in [-0.2, 0) is 4.74 Å². The van der Waals surface area contributed by atoms with E-state index in [1.165, 1.54) is 19.3 Å². The minimum Gasteiger partial charge on any atom is -0.462 e. The van der Waals surface area contributed by atoms with Gasteiger partial charge in [-0.15, -0.1) is 0 Å². The van der Waals surface area contributed by atoms with E-state index in [9.17, 15) is 14.4 Å². The average Bonchev–Trinajstić information content (AvgIpc) is 3.08. The Labute approximate surface area is 183 Å². The predicted octanol–water partition coefficient (Wildman–Crippen LogP) is 4.47. The van der Waals surface area contributed by atoms with Crippen molar-refractivity contribution in [3.8, 4) is 0 Å². The highest BCUT2D eigenvalue weighted by Crippen LogP contribution is 2.24. The number of aromatic nitrogens is 1. The van der Waals surface area contributed by atoms with Crippen molar-refractivity contribution in [2.75, 3.05) is 19.0 Å². The molecule has 2 N–H and O–H groups in total. The summed E-state index contributed by atoms with van der Waals surface area (Å²) in [5.74, 6) is -0.799. The third-order valence-electron chi connectivity index (χ3n) is 5.98. The van der Waals surface area contributed by atoms with E-state index in [1.807, 2.05) is 11.9 Å². The molecular formula is C24H31N3O4. The number of hydrogen-bond acceptors (Lipinski definition) is 4. The number of aryl methyl sites for hydroxylation is 1. The molecule has 1 aromatic heterocycles. The Bertz CT molecular complexity index is 956. The molecule has 1 aromatic carbocycles. The number of benzene rings is 1. The second-order valence-corrected chi connectivity index (χ2v) is 8.08. The first kappa shape index (κ1) is 22.6. The van der Waals surface area contributed by atoms with Gasteiger partial charge in [0.05, 0.1) is 12.2 Å². The molecule has 0 bridgehead atoms. The van der Waals surface area contributed by atoms with E-state index in [0.717, 1.165) is 12.8 Å². The molecular weight excluding hydrogens is 394 g/mol. The maximum Gasteiger partial charge on any atom is 0.340 e. The first-order valence-corrected chi connectivity index (χ1v) is 10.9. The van der Waals surface area contributed by atoms with Gasteiger partial charge in [-0.2, -0.15) is 0 Å². The van der Waals surface area contributed by atoms with Crippen molar-refractivity contribution < 1.29 is 19.1 Å². The van der Waals surface area contributed by atoms with Gasteiger partial charge in [0.1, 0.15) is 5.69 Å². The average molecular weight is 426 g/mol. The van der Waals surface area contributed by atoms with E-state index in [0.29, 0.717) is 39.8 Å². The highest BCUT2D eigenvalue weighted by atomic mass is 16.5. The normalized spacial score (nSPS) is 14.2. The summed E-state index contributed by atoms with van der Waals surface area (Å²) in [5, 5.41) is 2.82. The van der Waals surface area contributed by atoms with Crippen molar-refractivity contribution in [1.82, 2.24) is 9.88 Å². The number of rotatable bonds is 6. The van der Waals surface area contributed by atoms with Crippen LogP contribution in [0.2, 0.25) is 0 Å². The van der Waals surface area contributed by atoms with Gasteiger partial charge in [-0.3, -0.25) is 9.59 Å². The number of amides is 2. The number of ether oxygens (including phenoxy) is 1. The van der Waals surface area contributed by atoms with Gasteiger partial charge in [-0.05, 0) is 63.4 Å². The Morgan fingerprint density at radius 3 is 2.35 bits per heavy atom. The molecule has 0 radical (unpaired) electrons. The van der Waals surface area contributed by atoms with Crippen LogP contribution in [0.4, 0.5) is 5.69 Å². The standard InChI is InChI=1S/C24H31N3O4/c1-5-31-24(30)20-15(2)21(25-16(20)3)22(28)26-18-13-11-17(12-14-18)23(29)27(4)19-9-7-6-8-10-19/h11-14,19,25H,5-10H2,1-4H3,(H,26,28). The third-order valence-corrected chi connectivity index (χ3v) is 5.98. The summed E-state index contributed by atoms with van der Waals surface area (Å²) in [5.41, 5.74) is 3.02. The SMILES string of the molecule is CCOC(=O)c1c(C)[nH]c(C(=O)Nc2ccc(C(=O)N(C)C3CCCCC3)cc2)c1C. The Hall–Kier alpha value is -3.09. The molecule has 1 fully saturated rings. The summed E-state index contributed by atoms with van der Waals surface area (Å²) < 4.78 is 5.07. The molecule has 2 amide bonds. The summed E-state index contributed by atoms with van der Waals surface area (Å²) in [4.78, 5) is 42.5. The van der Waals surface area contributed by atoms with Gasteiger partial charge >= 0.3 is 5.97 Å². The molecule has 1 aliphatic rings. The topological polar surface area (TPSA) is 91.5 Å². The van der Waals surface area contributed by atoms with E-state index in [1.54, 1.807) is 45.0 Å². The monoisotopic (exact) mass is 425 g/mol. The van der Waals surface area contributed by atoms with Gasteiger partial charge in [0, 0.05) is 30.0 Å². The van der Waals surface area contributed by atoms with Gasteiger partial charge in [0.15, 0.2) is 0 Å². The third kappa shape index (κ3) is 4.98. The second kappa shape index (κ2) is 9.81. The predicted molar refractivity (Wildman–Crippen MR) is 120 cm³/mol. The van der Waals surface area contributed by atoms with E-state index < -0.39 is 5.97 Å². The van der Waals surface area contributed by atoms with Crippen LogP contribution in [0.1, 0.15) is 81.5 Å². The number of carbonyl (C=O) groups is 3. The molecule has 0 atom stereocenters. The minimum atomic E-state index is -0.447. The van der Waals surface area contributed by atoms with Gasteiger partial charge in [0.25, 0.3) is 11.8 Å². The summed E-state index contributed by atoms with van der Waals surface area (Å²) in [6, 6.07) is 7.20. The molecule has 7 nitrogen and oxygen atoms in total. The summed E-state index contributed by atoms with van der Waals surface area (Å²) in [6.07, 6.45) is 5.69. The van der Waals surface area contributed by atoms with Gasteiger partial charge < -0.3 is 19.9 Å². The summed E-state index contributed by atoms with van der Waals surface area (Å²) >= 11 is 0. The van der Waals surface area contributed by atoms with Gasteiger partial charge in [-0.25, -0.2) is 4.79 Å². The van der Waals surface area contributed by atoms with Crippen LogP contribution in [0.15, 0.2) is 24.3 Å². The quantitative estimate of drug-likeness (QED) is 0.668. The fraction of sp³-hybridized carbons (Fsp3) is 0.458. The molecule has 3 rings (SSSR count). The number of anilines is 1. The lowest BCUT2D eigenvalue weighted by Gasteiger charge is -2.31. The van der Waals surface area contributed by atoms with Crippen LogP contribution in [0.3, 0.4) is 0 Å². The molecule has 1 saturated carbocycles. The lowest BCUT2D eigenvalue weighted by Crippen LogP contribution is -2.38. The minimum absolute atomic E-state index is 0.000285. The highest BCUT2D eigenvalue weighted by Gasteiger charge is 2.24. The molecule has 166 valence electrons. The van der Waals surface area contributed by atoms with Crippen LogP contribution in [0.5, 0.6) is 0 Å². The molecule has 7 heteroatoms. The molecule has 0 spiro atoms. The fourth-order valence-corrected chi connectivity index (χ4v) is 4.21. The molecule has 0 unspecified atom stereocenters. The number of esters is 1. The van der Waals surface area contributed by atoms with Crippen molar-refractivity contribution >= 4 is 23.5 Å². The van der Waals surface area contributed by atoms with Crippen LogP contribution in [-0.4, -0.2) is 47.4 Å². The lowest BCUT2D eigenvalue weighted by molar-refractivity contribution is 0.0524.